The van der Waals surface area contributed by atoms with E-state index < -0.39 is 0 Å². The zero-order valence-electron chi connectivity index (χ0n) is 17.5. The average molecular weight is 403 g/mol. The molecule has 0 saturated carbocycles. The smallest absolute Gasteiger partial charge is 0.190 e. The van der Waals surface area contributed by atoms with E-state index in [1.165, 1.54) is 0 Å². The molecule has 0 amide bonds. The molecule has 0 saturated heterocycles. The van der Waals surface area contributed by atoms with E-state index in [0.717, 1.165) is 5.57 Å². The number of allylic oxidation sites excluding steroid dienone is 5. The van der Waals surface area contributed by atoms with Crippen LogP contribution in [0.25, 0.3) is 0 Å². The van der Waals surface area contributed by atoms with Crippen molar-refractivity contribution in [3.63, 3.8) is 0 Å². The first-order valence-corrected chi connectivity index (χ1v) is 8.69. The van der Waals surface area contributed by atoms with Crippen LogP contribution in [0.1, 0.15) is 55.4 Å². The molecule has 26 heavy (non-hydrogen) atoms. The number of carbonyl (C=O) groups excluding carboxylic acids is 1. The zero-order chi connectivity index (χ0) is 20.2. The molecule has 150 valence electrons. The Morgan fingerprint density at radius 3 is 1.85 bits per heavy atom. The van der Waals surface area contributed by atoms with Crippen LogP contribution in [-0.2, 0) is 26.5 Å². The fourth-order valence-corrected chi connectivity index (χ4v) is 1.54. The molecule has 0 fully saturated rings. The van der Waals surface area contributed by atoms with Gasteiger partial charge >= 0.3 is 0 Å². The number of carbonyl (C=O) groups is 1. The summed E-state index contributed by atoms with van der Waals surface area (Å²) in [5, 5.41) is 28.0. The van der Waals surface area contributed by atoms with Crippen LogP contribution in [0.2, 0.25) is 0 Å². The van der Waals surface area contributed by atoms with Crippen LogP contribution in [-0.4, -0.2) is 46.0 Å². The summed E-state index contributed by atoms with van der Waals surface area (Å²) < 4.78 is 0. The van der Waals surface area contributed by atoms with E-state index in [2.05, 4.69) is 5.32 Å². The van der Waals surface area contributed by atoms with Gasteiger partial charge in [0.2, 0.25) is 0 Å². The molecule has 0 bridgehead atoms. The molecular formula is C20H37NO4Ti. The Hall–Kier alpha value is -0.716. The Bertz CT molecular complexity index is 463. The molecule has 0 aromatic rings. The first-order valence-electron chi connectivity index (χ1n) is 8.69. The summed E-state index contributed by atoms with van der Waals surface area (Å²) in [6, 6.07) is -0.0484. The van der Waals surface area contributed by atoms with E-state index >= 15 is 0 Å². The number of hydrogen-bond acceptors (Lipinski definition) is 5. The predicted octanol–water partition coefficient (Wildman–Crippen LogP) is 2.72. The van der Waals surface area contributed by atoms with Crippen molar-refractivity contribution in [3.05, 3.63) is 35.6 Å². The maximum atomic E-state index is 12.2. The van der Waals surface area contributed by atoms with Crippen LogP contribution in [0.3, 0.4) is 0 Å². The first kappa shape index (κ1) is 30.0. The van der Waals surface area contributed by atoms with Gasteiger partial charge in [-0.2, -0.15) is 0 Å². The minimum Gasteiger partial charge on any atom is -0.394 e. The number of aliphatic hydroxyl groups is 3. The van der Waals surface area contributed by atoms with Crippen molar-refractivity contribution in [2.75, 3.05) is 6.61 Å². The van der Waals surface area contributed by atoms with Gasteiger partial charge in [-0.15, -0.1) is 0 Å². The molecule has 0 radical (unpaired) electrons. The molecule has 0 aromatic carbocycles. The van der Waals surface area contributed by atoms with Crippen molar-refractivity contribution in [1.29, 1.82) is 0 Å². The fraction of sp³-hybridized carbons (Fsp3) is 0.650. The van der Waals surface area contributed by atoms with Gasteiger partial charge in [-0.1, -0.05) is 32.9 Å². The van der Waals surface area contributed by atoms with E-state index in [1.54, 1.807) is 40.0 Å². The number of nitrogens with one attached hydrogen (secondary N) is 1. The Balaban J connectivity index is -0.000000497. The van der Waals surface area contributed by atoms with E-state index in [0.29, 0.717) is 5.57 Å². The largest absolute Gasteiger partial charge is 0.394 e. The van der Waals surface area contributed by atoms with Gasteiger partial charge in [0.05, 0.1) is 6.61 Å². The van der Waals surface area contributed by atoms with Gasteiger partial charge in [0.1, 0.15) is 0 Å². The van der Waals surface area contributed by atoms with Crippen LogP contribution in [0, 0.1) is 5.41 Å². The number of Topliss-reactive ketones (excluding diaryl/α,β-unsaturated/α-hetero) is 1. The van der Waals surface area contributed by atoms with Crippen molar-refractivity contribution in [2.45, 2.75) is 73.6 Å². The van der Waals surface area contributed by atoms with E-state index in [1.807, 2.05) is 39.8 Å². The number of rotatable bonds is 3. The van der Waals surface area contributed by atoms with E-state index in [9.17, 15) is 4.79 Å². The normalized spacial score (nSPS) is 16.1. The van der Waals surface area contributed by atoms with Crippen LogP contribution in [0.15, 0.2) is 35.6 Å². The quantitative estimate of drug-likeness (QED) is 0.430. The second-order valence-electron chi connectivity index (χ2n) is 7.56. The molecule has 1 aliphatic rings. The fourth-order valence-electron chi connectivity index (χ4n) is 1.54. The zero-order valence-corrected chi connectivity index (χ0v) is 19.1. The third-order valence-corrected chi connectivity index (χ3v) is 2.65. The van der Waals surface area contributed by atoms with Crippen molar-refractivity contribution >= 4 is 5.78 Å². The summed E-state index contributed by atoms with van der Waals surface area (Å²) in [6.45, 7) is 14.9. The third kappa shape index (κ3) is 16.7. The molecule has 4 N–H and O–H groups in total. The van der Waals surface area contributed by atoms with Crippen molar-refractivity contribution < 1.29 is 41.8 Å². The minimum atomic E-state index is -0.167. The van der Waals surface area contributed by atoms with E-state index in [4.69, 9.17) is 15.3 Å². The second-order valence-corrected chi connectivity index (χ2v) is 7.56. The molecule has 1 rings (SSSR count). The van der Waals surface area contributed by atoms with Crippen molar-refractivity contribution in [2.24, 2.45) is 5.41 Å². The molecule has 6 heteroatoms. The third-order valence-electron chi connectivity index (χ3n) is 2.65. The first-order chi connectivity index (χ1) is 11.3. The van der Waals surface area contributed by atoms with Gasteiger partial charge < -0.3 is 20.6 Å². The molecular weight excluding hydrogens is 366 g/mol. The van der Waals surface area contributed by atoms with Crippen molar-refractivity contribution in [1.82, 2.24) is 5.32 Å². The summed E-state index contributed by atoms with van der Waals surface area (Å²) in [5.41, 5.74) is 1.30. The summed E-state index contributed by atoms with van der Waals surface area (Å²) in [4.78, 5) is 12.2. The van der Waals surface area contributed by atoms with Crippen LogP contribution in [0.4, 0.5) is 0 Å². The molecule has 0 aliphatic heterocycles. The molecule has 0 heterocycles. The summed E-state index contributed by atoms with van der Waals surface area (Å²) in [6.07, 6.45) is 6.89. The molecule has 1 aliphatic carbocycles. The average Bonchev–Trinajstić information content (AvgIpc) is 2.43. The topological polar surface area (TPSA) is 89.8 Å². The van der Waals surface area contributed by atoms with Gasteiger partial charge in [-0.25, -0.2) is 0 Å². The Morgan fingerprint density at radius 1 is 1.08 bits per heavy atom. The predicted molar refractivity (Wildman–Crippen MR) is 104 cm³/mol. The second kappa shape index (κ2) is 15.4. The Morgan fingerprint density at radius 2 is 1.50 bits per heavy atom. The van der Waals surface area contributed by atoms with E-state index in [-0.39, 0.29) is 57.8 Å². The van der Waals surface area contributed by atoms with Gasteiger partial charge in [-0.3, -0.25) is 4.79 Å². The summed E-state index contributed by atoms with van der Waals surface area (Å²) >= 11 is 0. The van der Waals surface area contributed by atoms with Gasteiger partial charge in [0.25, 0.3) is 0 Å². The number of aliphatic hydroxyl groups excluding tert-OH is 3. The molecule has 0 spiro atoms. The Kier molecular flexibility index (Phi) is 17.7. The van der Waals surface area contributed by atoms with Crippen LogP contribution < -0.4 is 5.32 Å². The SMILES string of the molecule is CC(C)O.CC(C)O.C[C@@H](CO)N/C=C1/C=CC=C(C(C)(C)C)C1=O.[Ti]. The van der Waals surface area contributed by atoms with Gasteiger partial charge in [0, 0.05) is 57.3 Å². The molecule has 1 atom stereocenters. The number of hydrogen-bond donors (Lipinski definition) is 4. The van der Waals surface area contributed by atoms with Crippen LogP contribution in [0.5, 0.6) is 0 Å². The minimum absolute atomic E-state index is 0. The van der Waals surface area contributed by atoms with Crippen molar-refractivity contribution in [3.8, 4) is 0 Å². The Labute approximate surface area is 174 Å². The van der Waals surface area contributed by atoms with Gasteiger partial charge in [-0.05, 0) is 46.1 Å². The molecule has 0 aromatic heterocycles. The monoisotopic (exact) mass is 403 g/mol. The molecule has 5 nitrogen and oxygen atoms in total. The maximum absolute atomic E-state index is 12.2. The summed E-state index contributed by atoms with van der Waals surface area (Å²) in [5.74, 6) is 0.0534. The standard InChI is InChI=1S/C14H21NO2.2C3H8O.Ti/c1-10(9-16)15-8-11-6-5-7-12(13(11)17)14(2,3)4;2*1-3(2)4;/h5-8,10,15-16H,9H2,1-4H3;2*3-4H,1-2H3;/b11-8-;;;/t10-;;;/m0.../s1. The number of ketones is 1. The van der Waals surface area contributed by atoms with Crippen LogP contribution >= 0.6 is 0 Å². The van der Waals surface area contributed by atoms with Gasteiger partial charge in [0.15, 0.2) is 5.78 Å². The summed E-state index contributed by atoms with van der Waals surface area (Å²) in [7, 11) is 0. The molecule has 0 unspecified atom stereocenters. The maximum Gasteiger partial charge on any atom is 0.190 e.